The zero-order chi connectivity index (χ0) is 15.0. The smallest absolute Gasteiger partial charge is 0.111 e. The fourth-order valence-electron chi connectivity index (χ4n) is 2.31. The molecule has 0 aromatic rings. The molecule has 1 aliphatic heterocycles. The minimum absolute atomic E-state index is 0.0511. The summed E-state index contributed by atoms with van der Waals surface area (Å²) in [6.45, 7) is 2.28. The fraction of sp³-hybridized carbons (Fsp3) is 1.00. The van der Waals surface area contributed by atoms with E-state index in [1.54, 1.807) is 0 Å². The van der Waals surface area contributed by atoms with E-state index in [-0.39, 0.29) is 6.61 Å². The third-order valence-electron chi connectivity index (χ3n) is 3.70. The summed E-state index contributed by atoms with van der Waals surface area (Å²) in [4.78, 5) is 0. The Bertz CT molecular complexity index is 250. The maximum atomic E-state index is 9.95. The zero-order valence-corrected chi connectivity index (χ0v) is 12.1. The molecule has 0 amide bonds. The summed E-state index contributed by atoms with van der Waals surface area (Å²) in [5.74, 6) is 0. The molecule has 0 aliphatic carbocycles. The lowest BCUT2D eigenvalue weighted by Gasteiger charge is -2.25. The second-order valence-electron chi connectivity index (χ2n) is 5.35. The van der Waals surface area contributed by atoms with Crippen molar-refractivity contribution in [2.75, 3.05) is 19.8 Å². The van der Waals surface area contributed by atoms with E-state index in [9.17, 15) is 15.3 Å². The van der Waals surface area contributed by atoms with Gasteiger partial charge in [-0.3, -0.25) is 0 Å². The third-order valence-corrected chi connectivity index (χ3v) is 3.70. The first-order valence-corrected chi connectivity index (χ1v) is 7.50. The average molecular weight is 292 g/mol. The van der Waals surface area contributed by atoms with Crippen LogP contribution in [-0.2, 0) is 9.47 Å². The van der Waals surface area contributed by atoms with Crippen LogP contribution < -0.4 is 0 Å². The van der Waals surface area contributed by atoms with Crippen molar-refractivity contribution >= 4 is 0 Å². The minimum Gasteiger partial charge on any atom is -0.394 e. The highest BCUT2D eigenvalue weighted by Crippen LogP contribution is 2.18. The van der Waals surface area contributed by atoms with E-state index in [1.807, 2.05) is 0 Å². The van der Waals surface area contributed by atoms with E-state index >= 15 is 0 Å². The SMILES string of the molecule is CCCCCCCO[C@H]1CO[C@H](CO)[C@@H](O)[C@H](O)[C@@H]1O. The molecule has 5 atom stereocenters. The topological polar surface area (TPSA) is 99.4 Å². The summed E-state index contributed by atoms with van der Waals surface area (Å²) >= 11 is 0. The lowest BCUT2D eigenvalue weighted by Crippen LogP contribution is -2.47. The van der Waals surface area contributed by atoms with E-state index in [0.29, 0.717) is 6.61 Å². The molecule has 20 heavy (non-hydrogen) atoms. The Morgan fingerprint density at radius 2 is 1.70 bits per heavy atom. The van der Waals surface area contributed by atoms with Gasteiger partial charge in [-0.2, -0.15) is 0 Å². The van der Waals surface area contributed by atoms with Crippen LogP contribution in [0.1, 0.15) is 39.0 Å². The van der Waals surface area contributed by atoms with Crippen molar-refractivity contribution in [3.05, 3.63) is 0 Å². The summed E-state index contributed by atoms with van der Waals surface area (Å²) in [6.07, 6.45) is 0.0522. The predicted octanol–water partition coefficient (Wildman–Crippen LogP) is -0.184. The van der Waals surface area contributed by atoms with Crippen LogP contribution in [0.2, 0.25) is 0 Å². The Morgan fingerprint density at radius 3 is 2.35 bits per heavy atom. The predicted molar refractivity (Wildman–Crippen MR) is 73.3 cm³/mol. The van der Waals surface area contributed by atoms with Crippen LogP contribution in [0.15, 0.2) is 0 Å². The van der Waals surface area contributed by atoms with Gasteiger partial charge in [0.05, 0.1) is 13.2 Å². The Hall–Kier alpha value is -0.240. The van der Waals surface area contributed by atoms with Crippen molar-refractivity contribution in [1.29, 1.82) is 0 Å². The summed E-state index contributed by atoms with van der Waals surface area (Å²) in [7, 11) is 0. The van der Waals surface area contributed by atoms with Crippen LogP contribution >= 0.6 is 0 Å². The number of aliphatic hydroxyl groups excluding tert-OH is 4. The van der Waals surface area contributed by atoms with Crippen molar-refractivity contribution in [2.45, 2.75) is 69.5 Å². The normalized spacial score (nSPS) is 35.0. The maximum absolute atomic E-state index is 9.95. The number of aliphatic hydroxyl groups is 4. The molecular formula is C14H28O6. The van der Waals surface area contributed by atoms with Crippen molar-refractivity contribution < 1.29 is 29.9 Å². The summed E-state index contributed by atoms with van der Waals surface area (Å²) < 4.78 is 10.8. The van der Waals surface area contributed by atoms with Crippen LogP contribution in [-0.4, -0.2) is 70.8 Å². The molecule has 1 aliphatic rings. The Kier molecular flexibility index (Phi) is 8.60. The number of unbranched alkanes of at least 4 members (excludes halogenated alkanes) is 4. The first kappa shape index (κ1) is 17.8. The van der Waals surface area contributed by atoms with Gasteiger partial charge in [-0.1, -0.05) is 32.6 Å². The van der Waals surface area contributed by atoms with Crippen LogP contribution in [0.5, 0.6) is 0 Å². The van der Waals surface area contributed by atoms with Crippen molar-refractivity contribution in [1.82, 2.24) is 0 Å². The molecule has 1 fully saturated rings. The number of hydrogen-bond donors (Lipinski definition) is 4. The van der Waals surface area contributed by atoms with Gasteiger partial charge in [0.15, 0.2) is 0 Å². The van der Waals surface area contributed by atoms with Gasteiger partial charge in [0.2, 0.25) is 0 Å². The van der Waals surface area contributed by atoms with Crippen molar-refractivity contribution in [3.63, 3.8) is 0 Å². The Balaban J connectivity index is 2.34. The molecule has 4 N–H and O–H groups in total. The largest absolute Gasteiger partial charge is 0.394 e. The van der Waals surface area contributed by atoms with E-state index in [2.05, 4.69) is 6.92 Å². The van der Waals surface area contributed by atoms with Gasteiger partial charge in [-0.15, -0.1) is 0 Å². The molecule has 1 rings (SSSR count). The van der Waals surface area contributed by atoms with E-state index in [0.717, 1.165) is 19.3 Å². The second kappa shape index (κ2) is 9.65. The Morgan fingerprint density at radius 1 is 1.00 bits per heavy atom. The lowest BCUT2D eigenvalue weighted by molar-refractivity contribution is -0.116. The summed E-state index contributed by atoms with van der Waals surface area (Å²) in [5.41, 5.74) is 0. The van der Waals surface area contributed by atoms with Gasteiger partial charge in [0.1, 0.15) is 30.5 Å². The molecule has 6 heteroatoms. The molecule has 6 nitrogen and oxygen atoms in total. The Labute approximate surface area is 120 Å². The molecule has 0 aromatic carbocycles. The van der Waals surface area contributed by atoms with Crippen LogP contribution in [0, 0.1) is 0 Å². The highest BCUT2D eigenvalue weighted by molar-refractivity contribution is 4.89. The summed E-state index contributed by atoms with van der Waals surface area (Å²) in [6, 6.07) is 0. The molecular weight excluding hydrogens is 264 g/mol. The molecule has 120 valence electrons. The van der Waals surface area contributed by atoms with E-state index < -0.39 is 37.1 Å². The van der Waals surface area contributed by atoms with Gasteiger partial charge >= 0.3 is 0 Å². The standard InChI is InChI=1S/C14H28O6/c1-2-3-4-5-6-7-19-11-9-20-10(8-15)12(16)14(18)13(11)17/h10-18H,2-9H2,1H3/t10-,11+,12-,13-,14+/m1/s1. The number of rotatable bonds is 8. The quantitative estimate of drug-likeness (QED) is 0.463. The maximum Gasteiger partial charge on any atom is 0.111 e. The first-order chi connectivity index (χ1) is 9.61. The van der Waals surface area contributed by atoms with Gasteiger partial charge in [0.25, 0.3) is 0 Å². The van der Waals surface area contributed by atoms with Gasteiger partial charge < -0.3 is 29.9 Å². The molecule has 1 saturated heterocycles. The van der Waals surface area contributed by atoms with E-state index in [4.69, 9.17) is 14.6 Å². The first-order valence-electron chi connectivity index (χ1n) is 7.50. The number of hydrogen-bond acceptors (Lipinski definition) is 6. The van der Waals surface area contributed by atoms with Gasteiger partial charge in [0, 0.05) is 6.61 Å². The van der Waals surface area contributed by atoms with Gasteiger partial charge in [-0.25, -0.2) is 0 Å². The third kappa shape index (κ3) is 5.27. The molecule has 0 aromatic heterocycles. The molecule has 0 unspecified atom stereocenters. The van der Waals surface area contributed by atoms with Gasteiger partial charge in [-0.05, 0) is 6.42 Å². The highest BCUT2D eigenvalue weighted by atomic mass is 16.6. The van der Waals surface area contributed by atoms with Crippen molar-refractivity contribution in [3.8, 4) is 0 Å². The average Bonchev–Trinajstić information content (AvgIpc) is 2.55. The minimum atomic E-state index is -1.38. The molecule has 1 heterocycles. The van der Waals surface area contributed by atoms with Crippen LogP contribution in [0.25, 0.3) is 0 Å². The molecule has 0 saturated carbocycles. The van der Waals surface area contributed by atoms with Crippen LogP contribution in [0.4, 0.5) is 0 Å². The zero-order valence-electron chi connectivity index (χ0n) is 12.1. The van der Waals surface area contributed by atoms with Crippen molar-refractivity contribution in [2.24, 2.45) is 0 Å². The van der Waals surface area contributed by atoms with Crippen LogP contribution in [0.3, 0.4) is 0 Å². The van der Waals surface area contributed by atoms with E-state index in [1.165, 1.54) is 12.8 Å². The summed E-state index contributed by atoms with van der Waals surface area (Å²) in [5, 5.41) is 38.5. The highest BCUT2D eigenvalue weighted by Gasteiger charge is 2.40. The molecule has 0 spiro atoms. The monoisotopic (exact) mass is 292 g/mol. The second-order valence-corrected chi connectivity index (χ2v) is 5.35. The molecule has 0 bridgehead atoms. The number of ether oxygens (including phenoxy) is 2. The lowest BCUT2D eigenvalue weighted by atomic mass is 10.0. The molecule has 0 radical (unpaired) electrons. The fourth-order valence-corrected chi connectivity index (χ4v) is 2.31.